The predicted octanol–water partition coefficient (Wildman–Crippen LogP) is 4.25. The third-order valence-corrected chi connectivity index (χ3v) is 11.9. The summed E-state index contributed by atoms with van der Waals surface area (Å²) in [6, 6.07) is -0.100. The first-order valence-corrected chi connectivity index (χ1v) is 18.3. The maximum absolute atomic E-state index is 12.0. The second kappa shape index (κ2) is 16.1. The van der Waals surface area contributed by atoms with Gasteiger partial charge < -0.3 is 31.9 Å². The molecular weight excluding hydrogens is 671 g/mol. The van der Waals surface area contributed by atoms with Gasteiger partial charge in [-0.1, -0.05) is 44.6 Å². The SMILES string of the molecule is O=C1C(=O)C2CCC[N-]C2C2[N-]CCC=C12.O=C1C(=O)C2CCC[N-]C2C2[N-]CCCC12.O=C1C(=O)C2CCC[N-]C2C2[N-]CCCC12.[Co+2]. The van der Waals surface area contributed by atoms with E-state index in [2.05, 4.69) is 31.9 Å². The smallest absolute Gasteiger partial charge is 0.660 e. The van der Waals surface area contributed by atoms with Crippen molar-refractivity contribution >= 4 is 34.7 Å². The van der Waals surface area contributed by atoms with Crippen LogP contribution in [-0.2, 0) is 45.5 Å². The summed E-state index contributed by atoms with van der Waals surface area (Å²) >= 11 is 0. The molecule has 11 unspecified atom stereocenters. The normalized spacial score (nSPS) is 41.2. The summed E-state index contributed by atoms with van der Waals surface area (Å²) < 4.78 is 0. The van der Waals surface area contributed by atoms with Gasteiger partial charge in [-0.25, -0.2) is 0 Å². The molecule has 49 heavy (non-hydrogen) atoms. The fourth-order valence-electron chi connectivity index (χ4n) is 9.60. The first kappa shape index (κ1) is 36.8. The zero-order valence-corrected chi connectivity index (χ0v) is 29.0. The Kier molecular flexibility index (Phi) is 12.1. The molecule has 3 aliphatic carbocycles. The molecule has 9 rings (SSSR count). The first-order valence-electron chi connectivity index (χ1n) is 18.3. The van der Waals surface area contributed by atoms with Crippen LogP contribution in [0.2, 0.25) is 0 Å². The number of Topliss-reactive ketones (excluding diaryl/α,β-unsaturated/α-hetero) is 6. The van der Waals surface area contributed by atoms with Gasteiger partial charge in [-0.2, -0.15) is 0 Å². The van der Waals surface area contributed by atoms with Gasteiger partial charge in [0.25, 0.3) is 0 Å². The minimum atomic E-state index is -0.299. The van der Waals surface area contributed by atoms with Gasteiger partial charge in [0.2, 0.25) is 11.6 Å². The Morgan fingerprint density at radius 3 is 1.10 bits per heavy atom. The molecule has 12 nitrogen and oxygen atoms in total. The quantitative estimate of drug-likeness (QED) is 0.337. The molecule has 0 amide bonds. The Labute approximate surface area is 298 Å². The second-order valence-corrected chi connectivity index (χ2v) is 14.7. The van der Waals surface area contributed by atoms with Crippen LogP contribution in [0.1, 0.15) is 70.6 Å². The number of ketones is 6. The molecule has 1 radical (unpaired) electrons. The maximum Gasteiger partial charge on any atom is 2.00 e. The molecule has 6 aliphatic heterocycles. The number of hydrogen-bond donors (Lipinski definition) is 0. The van der Waals surface area contributed by atoms with Crippen LogP contribution >= 0.6 is 0 Å². The monoisotopic (exact) mass is 717 g/mol. The fraction of sp³-hybridized carbons (Fsp3) is 0.778. The van der Waals surface area contributed by atoms with E-state index in [1.54, 1.807) is 0 Å². The van der Waals surface area contributed by atoms with Crippen LogP contribution < -0.4 is 0 Å². The molecule has 8 fully saturated rings. The Morgan fingerprint density at radius 1 is 0.408 bits per heavy atom. The Balaban J connectivity index is 0.000000126. The molecule has 0 aromatic rings. The van der Waals surface area contributed by atoms with Crippen molar-refractivity contribution in [3.63, 3.8) is 0 Å². The number of piperidine rings is 5. The summed E-state index contributed by atoms with van der Waals surface area (Å²) in [4.78, 5) is 71.7. The zero-order chi connectivity index (χ0) is 33.4. The molecule has 13 heteroatoms. The molecule has 11 atom stereocenters. The first-order chi connectivity index (χ1) is 23.4. The average Bonchev–Trinajstić information content (AvgIpc) is 3.15. The molecule has 0 aromatic carbocycles. The van der Waals surface area contributed by atoms with E-state index < -0.39 is 0 Å². The van der Waals surface area contributed by atoms with E-state index in [4.69, 9.17) is 0 Å². The van der Waals surface area contributed by atoms with Crippen molar-refractivity contribution in [3.8, 4) is 0 Å². The van der Waals surface area contributed by atoms with Gasteiger partial charge >= 0.3 is 16.8 Å². The van der Waals surface area contributed by atoms with Crippen molar-refractivity contribution in [1.29, 1.82) is 0 Å². The summed E-state index contributed by atoms with van der Waals surface area (Å²) in [5.41, 5.74) is 0.614. The third-order valence-electron chi connectivity index (χ3n) is 11.9. The number of carbonyl (C=O) groups is 6. The Hall–Kier alpha value is -1.97. The largest absolute Gasteiger partial charge is 2.00 e. The van der Waals surface area contributed by atoms with Crippen LogP contribution in [0.4, 0.5) is 0 Å². The standard InChI is InChI=1S/2C12H16N2O2.C12H14N2O2.Co/c3*15-11-7-3-1-5-13-9(7)10-8(12(11)16)4-2-6-14-10;/h2*7-10H,1-6H2;3,8-10H,1-2,4-6H2;/q3*-2;+2. The van der Waals surface area contributed by atoms with E-state index in [1.807, 2.05) is 6.08 Å². The molecule has 9 aliphatic rings. The van der Waals surface area contributed by atoms with Crippen molar-refractivity contribution in [2.75, 3.05) is 39.3 Å². The number of hydrogen-bond acceptors (Lipinski definition) is 6. The van der Waals surface area contributed by atoms with E-state index >= 15 is 0 Å². The summed E-state index contributed by atoms with van der Waals surface area (Å²) in [5.74, 6) is -1.95. The van der Waals surface area contributed by atoms with Crippen LogP contribution in [0, 0.1) is 29.6 Å². The molecule has 0 spiro atoms. The summed E-state index contributed by atoms with van der Waals surface area (Å²) in [5, 5.41) is 27.2. The third kappa shape index (κ3) is 7.11. The molecule has 5 saturated heterocycles. The van der Waals surface area contributed by atoms with E-state index in [0.29, 0.717) is 5.57 Å². The molecular formula is C36H46CoN6O6-4. The number of fused-ring (bicyclic) bond motifs is 9. The number of nitrogens with zero attached hydrogens (tertiary/aromatic N) is 6. The van der Waals surface area contributed by atoms with Crippen LogP contribution in [0.3, 0.4) is 0 Å². The molecule has 6 heterocycles. The van der Waals surface area contributed by atoms with Gasteiger partial charge in [0.1, 0.15) is 0 Å². The van der Waals surface area contributed by atoms with Gasteiger partial charge in [0, 0.05) is 29.6 Å². The minimum Gasteiger partial charge on any atom is -0.660 e. The second-order valence-electron chi connectivity index (χ2n) is 14.7. The number of rotatable bonds is 0. The van der Waals surface area contributed by atoms with Crippen LogP contribution in [0.5, 0.6) is 0 Å². The summed E-state index contributed by atoms with van der Waals surface area (Å²) in [6.07, 6.45) is 11.5. The van der Waals surface area contributed by atoms with Gasteiger partial charge in [0.15, 0.2) is 23.1 Å². The molecule has 3 saturated carbocycles. The maximum atomic E-state index is 12.0. The van der Waals surface area contributed by atoms with E-state index in [1.165, 1.54) is 0 Å². The van der Waals surface area contributed by atoms with E-state index in [0.717, 1.165) is 110 Å². The van der Waals surface area contributed by atoms with Crippen molar-refractivity contribution in [2.24, 2.45) is 29.6 Å². The Morgan fingerprint density at radius 2 is 0.735 bits per heavy atom. The van der Waals surface area contributed by atoms with Crippen molar-refractivity contribution in [3.05, 3.63) is 43.5 Å². The Bertz CT molecular complexity index is 1230. The van der Waals surface area contributed by atoms with Gasteiger partial charge in [-0.05, 0) is 37.7 Å². The van der Waals surface area contributed by atoms with Crippen molar-refractivity contribution in [2.45, 2.75) is 107 Å². The van der Waals surface area contributed by atoms with Gasteiger partial charge in [0.05, 0.1) is 0 Å². The predicted molar refractivity (Wildman–Crippen MR) is 178 cm³/mol. The van der Waals surface area contributed by atoms with E-state index in [9.17, 15) is 28.8 Å². The molecule has 0 N–H and O–H groups in total. The molecule has 269 valence electrons. The van der Waals surface area contributed by atoms with Gasteiger partial charge in [-0.3, -0.25) is 28.8 Å². The topological polar surface area (TPSA) is 187 Å². The fourth-order valence-corrected chi connectivity index (χ4v) is 9.60. The number of carbonyl (C=O) groups excluding carboxylic acids is 6. The molecule has 0 bridgehead atoms. The molecule has 0 aromatic heterocycles. The summed E-state index contributed by atoms with van der Waals surface area (Å²) in [7, 11) is 0. The average molecular weight is 718 g/mol. The zero-order valence-electron chi connectivity index (χ0n) is 27.9. The van der Waals surface area contributed by atoms with Crippen LogP contribution in [-0.4, -0.2) is 110 Å². The van der Waals surface area contributed by atoms with Gasteiger partial charge in [-0.15, -0.1) is 75.5 Å². The van der Waals surface area contributed by atoms with Crippen LogP contribution in [0.15, 0.2) is 11.6 Å². The summed E-state index contributed by atoms with van der Waals surface area (Å²) in [6.45, 7) is 4.90. The van der Waals surface area contributed by atoms with Crippen molar-refractivity contribution in [1.82, 2.24) is 0 Å². The van der Waals surface area contributed by atoms with Crippen molar-refractivity contribution < 1.29 is 45.5 Å². The minimum absolute atomic E-state index is 0. The van der Waals surface area contributed by atoms with Crippen LogP contribution in [0.25, 0.3) is 31.9 Å². The van der Waals surface area contributed by atoms with E-state index in [-0.39, 0.29) is 117 Å².